The normalized spacial score (nSPS) is 15.6. The number of phenols is 2. The number of carbonyl (C=O) groups is 1. The molecular formula is C23H15NO6. The van der Waals surface area contributed by atoms with Crippen LogP contribution in [0.5, 0.6) is 17.2 Å². The van der Waals surface area contributed by atoms with E-state index in [1.807, 2.05) is 6.07 Å². The van der Waals surface area contributed by atoms with E-state index in [0.717, 1.165) is 5.56 Å². The largest absolute Gasteiger partial charge is 0.508 e. The molecule has 1 aliphatic rings. The van der Waals surface area contributed by atoms with Crippen molar-refractivity contribution in [3.63, 3.8) is 0 Å². The van der Waals surface area contributed by atoms with Gasteiger partial charge in [0.1, 0.15) is 34.5 Å². The van der Waals surface area contributed by atoms with Gasteiger partial charge in [0.05, 0.1) is 12.0 Å². The maximum absolute atomic E-state index is 13.2. The van der Waals surface area contributed by atoms with Crippen LogP contribution in [0.1, 0.15) is 23.5 Å². The Bertz CT molecular complexity index is 1340. The number of fused-ring (bicyclic) bond motifs is 3. The number of ether oxygens (including phenoxy) is 1. The van der Waals surface area contributed by atoms with Crippen LogP contribution < -0.4 is 10.2 Å². The van der Waals surface area contributed by atoms with Crippen molar-refractivity contribution in [1.29, 1.82) is 0 Å². The van der Waals surface area contributed by atoms with Crippen molar-refractivity contribution in [2.24, 2.45) is 0 Å². The molecule has 2 N–H and O–H groups in total. The zero-order valence-electron chi connectivity index (χ0n) is 15.5. The molecule has 0 amide bonds. The van der Waals surface area contributed by atoms with Crippen molar-refractivity contribution in [2.75, 3.05) is 0 Å². The molecule has 148 valence electrons. The Balaban J connectivity index is 1.79. The zero-order valence-corrected chi connectivity index (χ0v) is 15.5. The highest BCUT2D eigenvalue weighted by Crippen LogP contribution is 2.45. The van der Waals surface area contributed by atoms with E-state index in [9.17, 15) is 19.8 Å². The first-order valence-electron chi connectivity index (χ1n) is 9.24. The van der Waals surface area contributed by atoms with Crippen LogP contribution in [0.25, 0.3) is 22.1 Å². The average molecular weight is 401 g/mol. The number of phenolic OH excluding ortho intramolecular Hbond substituents is 2. The molecule has 0 spiro atoms. The fourth-order valence-corrected chi connectivity index (χ4v) is 3.84. The van der Waals surface area contributed by atoms with Gasteiger partial charge in [-0.3, -0.25) is 14.6 Å². The molecular weight excluding hydrogens is 386 g/mol. The van der Waals surface area contributed by atoms with Crippen LogP contribution in [-0.2, 0) is 4.79 Å². The number of carbonyl (C=O) groups excluding carboxylic acids is 1. The number of hydrogen-bond donors (Lipinski definition) is 2. The molecule has 7 nitrogen and oxygen atoms in total. The molecule has 0 unspecified atom stereocenters. The van der Waals surface area contributed by atoms with Crippen molar-refractivity contribution >= 4 is 16.9 Å². The van der Waals surface area contributed by atoms with Gasteiger partial charge in [-0.25, -0.2) is 0 Å². The fraction of sp³-hybridized carbons (Fsp3) is 0.0870. The number of rotatable bonds is 2. The molecule has 1 atom stereocenters. The first-order chi connectivity index (χ1) is 14.5. The predicted octanol–water partition coefficient (Wildman–Crippen LogP) is 3.71. The van der Waals surface area contributed by atoms with Gasteiger partial charge < -0.3 is 19.4 Å². The Morgan fingerprint density at radius 1 is 1.07 bits per heavy atom. The van der Waals surface area contributed by atoms with E-state index in [1.54, 1.807) is 30.6 Å². The quantitative estimate of drug-likeness (QED) is 0.389. The number of esters is 1. The van der Waals surface area contributed by atoms with Crippen LogP contribution in [0, 0.1) is 0 Å². The summed E-state index contributed by atoms with van der Waals surface area (Å²) in [6.07, 6.45) is 4.65. The van der Waals surface area contributed by atoms with E-state index in [2.05, 4.69) is 4.98 Å². The van der Waals surface area contributed by atoms with Crippen molar-refractivity contribution < 1.29 is 24.2 Å². The standard InChI is InChI=1S/C23H15NO6/c25-14-5-3-12(4-6-14)16-11-29-23-20-15(13-2-1-7-24-10-13)8-19(27)30-18(20)9-17(26)21(23)22(16)28/h1-7,9-11,15,25-26H,8H2/t15-/m1/s1. The summed E-state index contributed by atoms with van der Waals surface area (Å²) >= 11 is 0. The van der Waals surface area contributed by atoms with E-state index >= 15 is 0 Å². The third kappa shape index (κ3) is 2.79. The van der Waals surface area contributed by atoms with Gasteiger partial charge in [-0.1, -0.05) is 18.2 Å². The minimum Gasteiger partial charge on any atom is -0.508 e. The van der Waals surface area contributed by atoms with Crippen LogP contribution in [0.3, 0.4) is 0 Å². The van der Waals surface area contributed by atoms with Gasteiger partial charge in [0.25, 0.3) is 0 Å². The highest BCUT2D eigenvalue weighted by Gasteiger charge is 2.33. The second-order valence-corrected chi connectivity index (χ2v) is 7.05. The molecule has 2 aromatic carbocycles. The molecule has 0 radical (unpaired) electrons. The molecule has 0 bridgehead atoms. The highest BCUT2D eigenvalue weighted by molar-refractivity contribution is 5.94. The van der Waals surface area contributed by atoms with Crippen LogP contribution in [0.2, 0.25) is 0 Å². The molecule has 2 aromatic heterocycles. The molecule has 0 saturated heterocycles. The minimum atomic E-state index is -0.446. The van der Waals surface area contributed by atoms with Crippen molar-refractivity contribution in [1.82, 2.24) is 4.98 Å². The summed E-state index contributed by atoms with van der Waals surface area (Å²) in [5.41, 5.74) is 1.81. The highest BCUT2D eigenvalue weighted by atomic mass is 16.5. The predicted molar refractivity (Wildman–Crippen MR) is 108 cm³/mol. The average Bonchev–Trinajstić information content (AvgIpc) is 2.74. The number of pyridine rings is 1. The third-order valence-corrected chi connectivity index (χ3v) is 5.24. The van der Waals surface area contributed by atoms with E-state index in [1.165, 1.54) is 24.5 Å². The monoisotopic (exact) mass is 401 g/mol. The first kappa shape index (κ1) is 17.9. The molecule has 30 heavy (non-hydrogen) atoms. The van der Waals surface area contributed by atoms with Crippen LogP contribution in [0.4, 0.5) is 0 Å². The van der Waals surface area contributed by atoms with Crippen molar-refractivity contribution in [3.05, 3.63) is 82.5 Å². The van der Waals surface area contributed by atoms with Crippen LogP contribution in [-0.4, -0.2) is 21.2 Å². The molecule has 7 heteroatoms. The molecule has 0 saturated carbocycles. The van der Waals surface area contributed by atoms with Crippen molar-refractivity contribution in [3.8, 4) is 28.4 Å². The third-order valence-electron chi connectivity index (χ3n) is 5.24. The lowest BCUT2D eigenvalue weighted by molar-refractivity contribution is -0.135. The Morgan fingerprint density at radius 2 is 1.87 bits per heavy atom. The van der Waals surface area contributed by atoms with E-state index in [4.69, 9.17) is 9.15 Å². The Hall–Kier alpha value is -4.13. The lowest BCUT2D eigenvalue weighted by atomic mass is 9.85. The summed E-state index contributed by atoms with van der Waals surface area (Å²) in [6.45, 7) is 0. The summed E-state index contributed by atoms with van der Waals surface area (Å²) in [5, 5.41) is 20.1. The molecule has 0 fully saturated rings. The van der Waals surface area contributed by atoms with Crippen molar-refractivity contribution in [2.45, 2.75) is 12.3 Å². The van der Waals surface area contributed by atoms with Gasteiger partial charge in [-0.2, -0.15) is 0 Å². The van der Waals surface area contributed by atoms with Crippen LogP contribution >= 0.6 is 0 Å². The second-order valence-electron chi connectivity index (χ2n) is 7.05. The molecule has 3 heterocycles. The lowest BCUT2D eigenvalue weighted by Gasteiger charge is -2.25. The van der Waals surface area contributed by atoms with E-state index in [0.29, 0.717) is 11.1 Å². The number of hydrogen-bond acceptors (Lipinski definition) is 7. The Labute approximate surface area is 169 Å². The number of nitrogens with zero attached hydrogens (tertiary/aromatic N) is 1. The molecule has 1 aliphatic heterocycles. The maximum Gasteiger partial charge on any atom is 0.312 e. The Morgan fingerprint density at radius 3 is 2.60 bits per heavy atom. The topological polar surface area (TPSA) is 110 Å². The number of aromatic hydroxyl groups is 2. The Kier molecular flexibility index (Phi) is 4.03. The van der Waals surface area contributed by atoms with Gasteiger partial charge in [-0.15, -0.1) is 0 Å². The summed E-state index contributed by atoms with van der Waals surface area (Å²) in [6, 6.07) is 11.0. The van der Waals surface area contributed by atoms with Crippen LogP contribution in [0.15, 0.2) is 70.3 Å². The summed E-state index contributed by atoms with van der Waals surface area (Å²) < 4.78 is 11.2. The first-order valence-corrected chi connectivity index (χ1v) is 9.24. The number of aromatic nitrogens is 1. The van der Waals surface area contributed by atoms with E-state index in [-0.39, 0.29) is 40.2 Å². The molecule has 5 rings (SSSR count). The van der Waals surface area contributed by atoms with Gasteiger partial charge in [0, 0.05) is 29.9 Å². The fourth-order valence-electron chi connectivity index (χ4n) is 3.84. The van der Waals surface area contributed by atoms with Gasteiger partial charge >= 0.3 is 5.97 Å². The van der Waals surface area contributed by atoms with Gasteiger partial charge in [-0.05, 0) is 29.3 Å². The second kappa shape index (κ2) is 6.73. The van der Waals surface area contributed by atoms with E-state index < -0.39 is 17.3 Å². The lowest BCUT2D eigenvalue weighted by Crippen LogP contribution is -2.22. The van der Waals surface area contributed by atoms with Gasteiger partial charge in [0.2, 0.25) is 5.43 Å². The zero-order chi connectivity index (χ0) is 20.8. The number of benzene rings is 2. The summed E-state index contributed by atoms with van der Waals surface area (Å²) in [4.78, 5) is 29.5. The maximum atomic E-state index is 13.2. The smallest absolute Gasteiger partial charge is 0.312 e. The minimum absolute atomic E-state index is 0.00571. The van der Waals surface area contributed by atoms with Gasteiger partial charge in [0.15, 0.2) is 0 Å². The molecule has 0 aliphatic carbocycles. The SMILES string of the molecule is O=C1C[C@H](c2cccnc2)c2c(cc(O)c3c(=O)c(-c4ccc(O)cc4)coc23)O1. The summed E-state index contributed by atoms with van der Waals surface area (Å²) in [7, 11) is 0. The molecule has 4 aromatic rings. The summed E-state index contributed by atoms with van der Waals surface area (Å²) in [5.74, 6) is -0.982.